The first-order chi connectivity index (χ1) is 11.9. The lowest BCUT2D eigenvalue weighted by Gasteiger charge is -2.35. The minimum absolute atomic E-state index is 0.00114. The van der Waals surface area contributed by atoms with Gasteiger partial charge in [-0.05, 0) is 52.2 Å². The fourth-order valence-electron chi connectivity index (χ4n) is 3.82. The lowest BCUT2D eigenvalue weighted by Crippen LogP contribution is -2.48. The van der Waals surface area contributed by atoms with Gasteiger partial charge in [0.1, 0.15) is 0 Å². The molecule has 0 radical (unpaired) electrons. The highest BCUT2D eigenvalue weighted by molar-refractivity contribution is 5.96. The monoisotopic (exact) mass is 341 g/mol. The van der Waals surface area contributed by atoms with E-state index >= 15 is 0 Å². The summed E-state index contributed by atoms with van der Waals surface area (Å²) in [5.41, 5.74) is 3.72. The molecule has 0 N–H and O–H groups in total. The maximum atomic E-state index is 13.0. The Bertz CT molecular complexity index is 722. The molecule has 3 aliphatic heterocycles. The Morgan fingerprint density at radius 2 is 2.04 bits per heavy atom. The van der Waals surface area contributed by atoms with Gasteiger partial charge in [-0.25, -0.2) is 0 Å². The second kappa shape index (κ2) is 6.98. The second-order valence-corrected chi connectivity index (χ2v) is 7.55. The standard InChI is InChI=1S/C20H27N3O2/c1-13(2)7-8-23-17-6-5-16(19(23)24)11-22(12-17)20(25)18-10-21-15(4)9-14(18)3/h7,9-10,16-17H,5-6,8,11-12H2,1-4H3. The van der Waals surface area contributed by atoms with Crippen molar-refractivity contribution in [1.82, 2.24) is 14.8 Å². The number of carbonyl (C=O) groups is 2. The zero-order valence-corrected chi connectivity index (χ0v) is 15.6. The molecule has 4 heterocycles. The Balaban J connectivity index is 1.82. The van der Waals surface area contributed by atoms with Crippen molar-refractivity contribution in [3.8, 4) is 0 Å². The molecule has 0 aliphatic carbocycles. The number of piperidine rings is 1. The van der Waals surface area contributed by atoms with E-state index in [0.717, 1.165) is 24.1 Å². The van der Waals surface area contributed by atoms with E-state index in [1.54, 1.807) is 6.20 Å². The first-order valence-electron chi connectivity index (χ1n) is 9.03. The van der Waals surface area contributed by atoms with Crippen molar-refractivity contribution < 1.29 is 9.59 Å². The smallest absolute Gasteiger partial charge is 0.255 e. The van der Waals surface area contributed by atoms with Gasteiger partial charge in [0.2, 0.25) is 5.91 Å². The van der Waals surface area contributed by atoms with Crippen molar-refractivity contribution in [2.24, 2.45) is 5.92 Å². The average Bonchev–Trinajstić information content (AvgIpc) is 2.83. The minimum Gasteiger partial charge on any atom is -0.336 e. The average molecular weight is 341 g/mol. The first kappa shape index (κ1) is 17.6. The van der Waals surface area contributed by atoms with Crippen LogP contribution in [0.25, 0.3) is 0 Å². The number of allylic oxidation sites excluding steroid dienone is 1. The van der Waals surface area contributed by atoms with Crippen LogP contribution >= 0.6 is 0 Å². The molecule has 0 aromatic carbocycles. The van der Waals surface area contributed by atoms with Gasteiger partial charge in [0.05, 0.1) is 11.5 Å². The van der Waals surface area contributed by atoms with Crippen LogP contribution in [0.4, 0.5) is 0 Å². The van der Waals surface area contributed by atoms with Crippen molar-refractivity contribution in [1.29, 1.82) is 0 Å². The lowest BCUT2D eigenvalue weighted by molar-refractivity contribution is -0.139. The fourth-order valence-corrected chi connectivity index (χ4v) is 3.82. The molecule has 3 saturated heterocycles. The van der Waals surface area contributed by atoms with Gasteiger partial charge in [-0.1, -0.05) is 11.6 Å². The molecule has 0 saturated carbocycles. The van der Waals surface area contributed by atoms with Crippen LogP contribution in [-0.4, -0.2) is 52.3 Å². The van der Waals surface area contributed by atoms with Crippen molar-refractivity contribution in [2.45, 2.75) is 46.6 Å². The van der Waals surface area contributed by atoms with Crippen LogP contribution in [0.2, 0.25) is 0 Å². The molecular weight excluding hydrogens is 314 g/mol. The van der Waals surface area contributed by atoms with Crippen molar-refractivity contribution in [2.75, 3.05) is 19.6 Å². The molecule has 2 bridgehead atoms. The number of rotatable bonds is 3. The number of aryl methyl sites for hydroxylation is 2. The first-order valence-corrected chi connectivity index (χ1v) is 9.03. The minimum atomic E-state index is -0.0769. The van der Waals surface area contributed by atoms with E-state index in [1.165, 1.54) is 5.57 Å². The summed E-state index contributed by atoms with van der Waals surface area (Å²) in [6, 6.07) is 2.05. The second-order valence-electron chi connectivity index (χ2n) is 7.55. The maximum Gasteiger partial charge on any atom is 0.255 e. The molecule has 2 unspecified atom stereocenters. The highest BCUT2D eigenvalue weighted by Crippen LogP contribution is 2.30. The Kier molecular flexibility index (Phi) is 4.93. The van der Waals surface area contributed by atoms with E-state index in [-0.39, 0.29) is 23.8 Å². The zero-order valence-electron chi connectivity index (χ0n) is 15.6. The van der Waals surface area contributed by atoms with E-state index in [0.29, 0.717) is 25.2 Å². The molecule has 2 amide bonds. The highest BCUT2D eigenvalue weighted by Gasteiger charge is 2.41. The molecule has 4 rings (SSSR count). The third kappa shape index (κ3) is 3.60. The van der Waals surface area contributed by atoms with Crippen LogP contribution in [0.15, 0.2) is 23.9 Å². The molecule has 0 spiro atoms. The Morgan fingerprint density at radius 1 is 1.28 bits per heavy atom. The number of hydrogen-bond acceptors (Lipinski definition) is 3. The summed E-state index contributed by atoms with van der Waals surface area (Å²) in [6.45, 7) is 9.74. The van der Waals surface area contributed by atoms with E-state index < -0.39 is 0 Å². The van der Waals surface area contributed by atoms with Crippen LogP contribution in [0.1, 0.15) is 48.3 Å². The predicted octanol–water partition coefficient (Wildman–Crippen LogP) is 2.73. The van der Waals surface area contributed by atoms with Gasteiger partial charge in [-0.3, -0.25) is 14.6 Å². The van der Waals surface area contributed by atoms with Crippen molar-refractivity contribution >= 4 is 11.8 Å². The number of amides is 2. The summed E-state index contributed by atoms with van der Waals surface area (Å²) in [5.74, 6) is 0.119. The molecule has 1 aromatic rings. The summed E-state index contributed by atoms with van der Waals surface area (Å²) < 4.78 is 0. The topological polar surface area (TPSA) is 53.5 Å². The molecule has 2 atom stereocenters. The highest BCUT2D eigenvalue weighted by atomic mass is 16.2. The van der Waals surface area contributed by atoms with Gasteiger partial charge in [-0.15, -0.1) is 0 Å². The number of hydrogen-bond donors (Lipinski definition) is 0. The third-order valence-electron chi connectivity index (χ3n) is 5.25. The summed E-state index contributed by atoms with van der Waals surface area (Å²) in [5, 5.41) is 0. The maximum absolute atomic E-state index is 13.0. The van der Waals surface area contributed by atoms with Crippen molar-refractivity contribution in [3.05, 3.63) is 40.7 Å². The van der Waals surface area contributed by atoms with Gasteiger partial charge < -0.3 is 9.80 Å². The Hall–Kier alpha value is -2.17. The van der Waals surface area contributed by atoms with E-state index in [9.17, 15) is 9.59 Å². The van der Waals surface area contributed by atoms with Crippen LogP contribution in [-0.2, 0) is 4.79 Å². The summed E-state index contributed by atoms with van der Waals surface area (Å²) >= 11 is 0. The Labute approximate surface area is 149 Å². The number of fused-ring (bicyclic) bond motifs is 4. The number of aromatic nitrogens is 1. The van der Waals surface area contributed by atoms with Crippen LogP contribution in [0.3, 0.4) is 0 Å². The molecule has 25 heavy (non-hydrogen) atoms. The number of pyridine rings is 1. The molecule has 5 nitrogen and oxygen atoms in total. The van der Waals surface area contributed by atoms with Crippen LogP contribution in [0, 0.1) is 19.8 Å². The molecular formula is C20H27N3O2. The summed E-state index contributed by atoms with van der Waals surface area (Å²) in [4.78, 5) is 33.9. The largest absolute Gasteiger partial charge is 0.336 e. The number of carbonyl (C=O) groups excluding carboxylic acids is 2. The Morgan fingerprint density at radius 3 is 2.72 bits per heavy atom. The van der Waals surface area contributed by atoms with Gasteiger partial charge in [-0.2, -0.15) is 0 Å². The van der Waals surface area contributed by atoms with Gasteiger partial charge >= 0.3 is 0 Å². The third-order valence-corrected chi connectivity index (χ3v) is 5.25. The van der Waals surface area contributed by atoms with E-state index in [2.05, 4.69) is 11.1 Å². The van der Waals surface area contributed by atoms with E-state index in [1.807, 2.05) is 43.6 Å². The van der Waals surface area contributed by atoms with Crippen molar-refractivity contribution in [3.63, 3.8) is 0 Å². The SMILES string of the molecule is CC(C)=CCN1C(=O)C2CCC1CN(C(=O)c1cnc(C)cc1C)C2. The van der Waals surface area contributed by atoms with E-state index in [4.69, 9.17) is 0 Å². The van der Waals surface area contributed by atoms with Crippen LogP contribution < -0.4 is 0 Å². The van der Waals surface area contributed by atoms with Crippen LogP contribution in [0.5, 0.6) is 0 Å². The molecule has 1 aromatic heterocycles. The number of nitrogens with zero attached hydrogens (tertiary/aromatic N) is 3. The lowest BCUT2D eigenvalue weighted by atomic mass is 9.94. The van der Waals surface area contributed by atoms with Gasteiger partial charge in [0.25, 0.3) is 5.91 Å². The normalized spacial score (nSPS) is 22.8. The molecule has 3 fully saturated rings. The molecule has 5 heteroatoms. The summed E-state index contributed by atoms with van der Waals surface area (Å²) in [7, 11) is 0. The molecule has 134 valence electrons. The zero-order chi connectivity index (χ0) is 18.1. The quantitative estimate of drug-likeness (QED) is 0.795. The fraction of sp³-hybridized carbons (Fsp3) is 0.550. The summed E-state index contributed by atoms with van der Waals surface area (Å²) in [6.07, 6.45) is 5.62. The van der Waals surface area contributed by atoms with Gasteiger partial charge in [0.15, 0.2) is 0 Å². The van der Waals surface area contributed by atoms with Gasteiger partial charge in [0, 0.05) is 37.6 Å². The molecule has 3 aliphatic rings. The predicted molar refractivity (Wildman–Crippen MR) is 97.3 cm³/mol.